The maximum absolute atomic E-state index is 10.6. The first kappa shape index (κ1) is 13.9. The maximum Gasteiger partial charge on any atom is 0.0662 e. The molecule has 3 heteroatoms. The third kappa shape index (κ3) is 2.42. The Bertz CT molecular complexity index is 432. The summed E-state index contributed by atoms with van der Waals surface area (Å²) in [5, 5.41) is 11.3. The van der Waals surface area contributed by atoms with E-state index >= 15 is 0 Å². The Labute approximate surface area is 114 Å². The third-order valence-electron chi connectivity index (χ3n) is 4.44. The summed E-state index contributed by atoms with van der Waals surface area (Å²) in [6.07, 6.45) is 2.44. The highest BCUT2D eigenvalue weighted by Crippen LogP contribution is 2.50. The second-order valence-electron chi connectivity index (χ2n) is 6.26. The van der Waals surface area contributed by atoms with E-state index in [1.807, 2.05) is 18.2 Å². The van der Waals surface area contributed by atoms with Crippen molar-refractivity contribution < 1.29 is 5.11 Å². The minimum atomic E-state index is -0.353. The molecule has 0 heterocycles. The second-order valence-corrected chi connectivity index (χ2v) is 6.70. The molecule has 0 aromatic heterocycles. The lowest BCUT2D eigenvalue weighted by Crippen LogP contribution is -2.44. The van der Waals surface area contributed by atoms with Crippen LogP contribution < -0.4 is 5.73 Å². The molecule has 1 aromatic rings. The van der Waals surface area contributed by atoms with Gasteiger partial charge in [-0.2, -0.15) is 0 Å². The van der Waals surface area contributed by atoms with E-state index in [2.05, 4.69) is 19.9 Å². The largest absolute Gasteiger partial charge is 0.392 e. The van der Waals surface area contributed by atoms with Gasteiger partial charge >= 0.3 is 0 Å². The molecule has 0 radical (unpaired) electrons. The van der Waals surface area contributed by atoms with Gasteiger partial charge in [-0.25, -0.2) is 0 Å². The number of aliphatic hydroxyl groups excluding tert-OH is 1. The molecule has 18 heavy (non-hydrogen) atoms. The summed E-state index contributed by atoms with van der Waals surface area (Å²) in [6, 6.07) is 7.85. The highest BCUT2D eigenvalue weighted by Gasteiger charge is 2.50. The zero-order chi connectivity index (χ0) is 13.4. The van der Waals surface area contributed by atoms with Crippen molar-refractivity contribution in [1.29, 1.82) is 0 Å². The van der Waals surface area contributed by atoms with Gasteiger partial charge in [0.2, 0.25) is 0 Å². The van der Waals surface area contributed by atoms with Crippen molar-refractivity contribution in [1.82, 2.24) is 0 Å². The van der Waals surface area contributed by atoms with Crippen LogP contribution in [0.3, 0.4) is 0 Å². The van der Waals surface area contributed by atoms with E-state index in [4.69, 9.17) is 17.3 Å². The molecule has 2 nitrogen and oxygen atoms in total. The van der Waals surface area contributed by atoms with E-state index in [1.54, 1.807) is 0 Å². The monoisotopic (exact) mass is 267 g/mol. The molecule has 0 amide bonds. The summed E-state index contributed by atoms with van der Waals surface area (Å²) in [7, 11) is 0. The van der Waals surface area contributed by atoms with E-state index in [-0.39, 0.29) is 16.9 Å². The fraction of sp³-hybridized carbons (Fsp3) is 0.600. The number of rotatable bonds is 3. The van der Waals surface area contributed by atoms with Crippen LogP contribution in [0.1, 0.15) is 32.3 Å². The van der Waals surface area contributed by atoms with Crippen molar-refractivity contribution in [3.63, 3.8) is 0 Å². The minimum Gasteiger partial charge on any atom is -0.392 e. The van der Waals surface area contributed by atoms with Gasteiger partial charge in [-0.15, -0.1) is 0 Å². The highest BCUT2D eigenvalue weighted by atomic mass is 35.5. The summed E-state index contributed by atoms with van der Waals surface area (Å²) in [6.45, 7) is 4.75. The van der Waals surface area contributed by atoms with Crippen molar-refractivity contribution in [2.45, 2.75) is 39.2 Å². The van der Waals surface area contributed by atoms with Crippen LogP contribution in [0.5, 0.6) is 0 Å². The second kappa shape index (κ2) is 4.84. The summed E-state index contributed by atoms with van der Waals surface area (Å²) in [4.78, 5) is 0. The predicted octanol–water partition coefficient (Wildman–Crippen LogP) is 3.01. The average Bonchev–Trinajstić information content (AvgIpc) is 2.54. The van der Waals surface area contributed by atoms with Crippen molar-refractivity contribution >= 4 is 11.6 Å². The van der Waals surface area contributed by atoms with Crippen molar-refractivity contribution in [3.05, 3.63) is 34.9 Å². The fourth-order valence-electron chi connectivity index (χ4n) is 3.20. The number of hydrogen-bond acceptors (Lipinski definition) is 2. The zero-order valence-electron chi connectivity index (χ0n) is 11.1. The van der Waals surface area contributed by atoms with Crippen LogP contribution in [-0.4, -0.2) is 17.8 Å². The van der Waals surface area contributed by atoms with Crippen LogP contribution in [0.25, 0.3) is 0 Å². The first-order chi connectivity index (χ1) is 8.39. The van der Waals surface area contributed by atoms with E-state index < -0.39 is 0 Å². The Morgan fingerprint density at radius 3 is 2.61 bits per heavy atom. The highest BCUT2D eigenvalue weighted by molar-refractivity contribution is 6.30. The fourth-order valence-corrected chi connectivity index (χ4v) is 3.41. The molecule has 1 aromatic carbocycles. The van der Waals surface area contributed by atoms with E-state index in [1.165, 1.54) is 0 Å². The van der Waals surface area contributed by atoms with Crippen LogP contribution in [0.15, 0.2) is 24.3 Å². The van der Waals surface area contributed by atoms with Crippen LogP contribution >= 0.6 is 11.6 Å². The molecule has 0 bridgehead atoms. The Kier molecular flexibility index (Phi) is 3.72. The van der Waals surface area contributed by atoms with E-state index in [0.29, 0.717) is 6.54 Å². The SMILES string of the molecule is CC1(C)CCC(CN)(Cc2cccc(Cl)c2)C1O. The van der Waals surface area contributed by atoms with Crippen LogP contribution in [0, 0.1) is 10.8 Å². The van der Waals surface area contributed by atoms with Gasteiger partial charge in [0, 0.05) is 17.0 Å². The molecule has 100 valence electrons. The van der Waals surface area contributed by atoms with Crippen LogP contribution in [0.4, 0.5) is 0 Å². The lowest BCUT2D eigenvalue weighted by Gasteiger charge is -2.36. The summed E-state index contributed by atoms with van der Waals surface area (Å²) in [5.74, 6) is 0. The first-order valence-electron chi connectivity index (χ1n) is 6.52. The normalized spacial score (nSPS) is 30.6. The Balaban J connectivity index is 2.25. The molecule has 2 rings (SSSR count). The number of halogens is 1. The summed E-state index contributed by atoms with van der Waals surface area (Å²) < 4.78 is 0. The maximum atomic E-state index is 10.6. The molecule has 1 saturated carbocycles. The van der Waals surface area contributed by atoms with Gasteiger partial charge in [0.05, 0.1) is 6.10 Å². The molecule has 1 aliphatic carbocycles. The quantitative estimate of drug-likeness (QED) is 0.884. The average molecular weight is 268 g/mol. The molecule has 2 atom stereocenters. The Morgan fingerprint density at radius 2 is 2.11 bits per heavy atom. The van der Waals surface area contributed by atoms with Gasteiger partial charge in [-0.05, 0) is 42.4 Å². The van der Waals surface area contributed by atoms with Gasteiger partial charge in [0.1, 0.15) is 0 Å². The summed E-state index contributed by atoms with van der Waals surface area (Å²) >= 11 is 6.02. The van der Waals surface area contributed by atoms with Gasteiger partial charge in [0.25, 0.3) is 0 Å². The van der Waals surface area contributed by atoms with Crippen molar-refractivity contribution in [2.24, 2.45) is 16.6 Å². The molecule has 1 aliphatic rings. The molecule has 0 aliphatic heterocycles. The van der Waals surface area contributed by atoms with Crippen molar-refractivity contribution in [2.75, 3.05) is 6.54 Å². The number of benzene rings is 1. The van der Waals surface area contributed by atoms with E-state index in [9.17, 15) is 5.11 Å². The topological polar surface area (TPSA) is 46.2 Å². The smallest absolute Gasteiger partial charge is 0.0662 e. The lowest BCUT2D eigenvalue weighted by atomic mass is 9.74. The zero-order valence-corrected chi connectivity index (χ0v) is 11.9. The Morgan fingerprint density at radius 1 is 1.39 bits per heavy atom. The van der Waals surface area contributed by atoms with Crippen LogP contribution in [-0.2, 0) is 6.42 Å². The number of hydrogen-bond donors (Lipinski definition) is 2. The number of aliphatic hydroxyl groups is 1. The molecule has 0 saturated heterocycles. The Hall–Kier alpha value is -0.570. The molecule has 0 spiro atoms. The standard InChI is InChI=1S/C15H22ClNO/c1-14(2)6-7-15(10-17,13(14)18)9-11-4-3-5-12(16)8-11/h3-5,8,13,18H,6-7,9-10,17H2,1-2H3. The third-order valence-corrected chi connectivity index (χ3v) is 4.67. The van der Waals surface area contributed by atoms with Gasteiger partial charge in [-0.3, -0.25) is 0 Å². The molecular formula is C15H22ClNO. The molecule has 1 fully saturated rings. The van der Waals surface area contributed by atoms with Gasteiger partial charge in [0.15, 0.2) is 0 Å². The van der Waals surface area contributed by atoms with E-state index in [0.717, 1.165) is 29.8 Å². The van der Waals surface area contributed by atoms with Crippen molar-refractivity contribution in [3.8, 4) is 0 Å². The van der Waals surface area contributed by atoms with Gasteiger partial charge < -0.3 is 10.8 Å². The first-order valence-corrected chi connectivity index (χ1v) is 6.90. The van der Waals surface area contributed by atoms with Crippen LogP contribution in [0.2, 0.25) is 5.02 Å². The van der Waals surface area contributed by atoms with Gasteiger partial charge in [-0.1, -0.05) is 37.6 Å². The molecule has 2 unspecified atom stereocenters. The molecule has 3 N–H and O–H groups in total. The lowest BCUT2D eigenvalue weighted by molar-refractivity contribution is -0.00463. The minimum absolute atomic E-state index is 0.0437. The number of nitrogens with two attached hydrogens (primary N) is 1. The molecular weight excluding hydrogens is 246 g/mol. The summed E-state index contributed by atoms with van der Waals surface area (Å²) in [5.41, 5.74) is 6.89. The predicted molar refractivity (Wildman–Crippen MR) is 75.7 cm³/mol.